The summed E-state index contributed by atoms with van der Waals surface area (Å²) in [7, 11) is 2.10. The molecule has 1 atom stereocenters. The highest BCUT2D eigenvalue weighted by molar-refractivity contribution is 6.35. The topological polar surface area (TPSA) is 76.2 Å². The van der Waals surface area contributed by atoms with Crippen LogP contribution in [0, 0.1) is 0 Å². The Balaban J connectivity index is 1.32. The number of benzene rings is 1. The molecule has 3 aromatic heterocycles. The fraction of sp³-hybridized carbons (Fsp3) is 0.296. The first-order valence-electron chi connectivity index (χ1n) is 12.0. The standard InChI is InChI=1S/C27H26Cl2FN5O2/c1-16(27-21(28)14-31-15-22(27)29)36-19-4-5-24-20(11-19)25(34-33-24)12-23(30)17-3-6-26(32-13-17)37-18-7-9-35(2)10-8-18/h3-6,11-16,18H,7-10H2,1-2H3,(H,33,34)/b23-12-/t16-/m1/s1. The summed E-state index contributed by atoms with van der Waals surface area (Å²) in [5, 5.41) is 8.75. The summed E-state index contributed by atoms with van der Waals surface area (Å²) >= 11 is 12.5. The third-order valence-corrected chi connectivity index (χ3v) is 7.00. The lowest BCUT2D eigenvalue weighted by molar-refractivity contribution is 0.110. The van der Waals surface area contributed by atoms with Gasteiger partial charge in [0.15, 0.2) is 0 Å². The van der Waals surface area contributed by atoms with E-state index in [1.165, 1.54) is 24.7 Å². The van der Waals surface area contributed by atoms with Gasteiger partial charge in [0.1, 0.15) is 23.8 Å². The zero-order valence-corrected chi connectivity index (χ0v) is 21.9. The zero-order chi connectivity index (χ0) is 25.9. The molecule has 1 N–H and O–H groups in total. The number of rotatable bonds is 7. The Labute approximate surface area is 224 Å². The molecule has 1 aliphatic heterocycles. The molecule has 0 aliphatic carbocycles. The van der Waals surface area contributed by atoms with Gasteiger partial charge in [-0.2, -0.15) is 5.10 Å². The van der Waals surface area contributed by atoms with E-state index in [0.29, 0.717) is 43.9 Å². The number of hydrogen-bond acceptors (Lipinski definition) is 6. The normalized spacial score (nSPS) is 16.2. The predicted molar refractivity (Wildman–Crippen MR) is 144 cm³/mol. The summed E-state index contributed by atoms with van der Waals surface area (Å²) in [4.78, 5) is 10.6. The van der Waals surface area contributed by atoms with Crippen LogP contribution in [0.15, 0.2) is 48.9 Å². The summed E-state index contributed by atoms with van der Waals surface area (Å²) in [6.07, 6.45) is 7.51. The number of hydrogen-bond donors (Lipinski definition) is 1. The van der Waals surface area contributed by atoms with E-state index in [9.17, 15) is 0 Å². The maximum atomic E-state index is 15.1. The lowest BCUT2D eigenvalue weighted by atomic mass is 10.1. The van der Waals surface area contributed by atoms with E-state index in [-0.39, 0.29) is 6.10 Å². The third-order valence-electron chi connectivity index (χ3n) is 6.40. The molecule has 0 unspecified atom stereocenters. The summed E-state index contributed by atoms with van der Waals surface area (Å²) in [6, 6.07) is 8.79. The molecular formula is C27H26Cl2FN5O2. The summed E-state index contributed by atoms with van der Waals surface area (Å²) < 4.78 is 27.2. The lowest BCUT2D eigenvalue weighted by Crippen LogP contribution is -2.35. The minimum absolute atomic E-state index is 0.134. The Hall–Kier alpha value is -3.20. The van der Waals surface area contributed by atoms with Crippen molar-refractivity contribution in [2.24, 2.45) is 0 Å². The summed E-state index contributed by atoms with van der Waals surface area (Å²) in [6.45, 7) is 3.84. The molecule has 0 bridgehead atoms. The molecule has 37 heavy (non-hydrogen) atoms. The van der Waals surface area contributed by atoms with Gasteiger partial charge in [-0.05, 0) is 51.1 Å². The first kappa shape index (κ1) is 25.4. The third kappa shape index (κ3) is 5.87. The molecule has 1 fully saturated rings. The zero-order valence-electron chi connectivity index (χ0n) is 20.4. The van der Waals surface area contributed by atoms with Crippen LogP contribution in [0.25, 0.3) is 22.8 Å². The van der Waals surface area contributed by atoms with E-state index >= 15 is 4.39 Å². The van der Waals surface area contributed by atoms with Crippen LogP contribution in [-0.2, 0) is 0 Å². The first-order valence-corrected chi connectivity index (χ1v) is 12.8. The van der Waals surface area contributed by atoms with E-state index in [4.69, 9.17) is 32.7 Å². The number of H-pyrrole nitrogens is 1. The van der Waals surface area contributed by atoms with Gasteiger partial charge in [-0.15, -0.1) is 0 Å². The van der Waals surface area contributed by atoms with Gasteiger partial charge in [-0.1, -0.05) is 23.2 Å². The van der Waals surface area contributed by atoms with Gasteiger partial charge >= 0.3 is 0 Å². The van der Waals surface area contributed by atoms with Gasteiger partial charge in [-0.25, -0.2) is 9.37 Å². The highest BCUT2D eigenvalue weighted by Crippen LogP contribution is 2.34. The van der Waals surface area contributed by atoms with E-state index in [1.54, 1.807) is 24.3 Å². The van der Waals surface area contributed by atoms with Crippen LogP contribution in [-0.4, -0.2) is 51.3 Å². The molecule has 0 saturated carbocycles. The maximum absolute atomic E-state index is 15.1. The van der Waals surface area contributed by atoms with Crippen molar-refractivity contribution in [3.8, 4) is 11.6 Å². The van der Waals surface area contributed by atoms with Crippen molar-refractivity contribution in [3.05, 3.63) is 75.8 Å². The number of aromatic amines is 1. The van der Waals surface area contributed by atoms with Gasteiger partial charge in [0.05, 0.1) is 21.3 Å². The minimum Gasteiger partial charge on any atom is -0.486 e. The van der Waals surface area contributed by atoms with E-state index < -0.39 is 11.9 Å². The van der Waals surface area contributed by atoms with E-state index in [2.05, 4.69) is 32.1 Å². The largest absolute Gasteiger partial charge is 0.486 e. The number of halogens is 3. The molecule has 1 aromatic carbocycles. The fourth-order valence-corrected chi connectivity index (χ4v) is 5.01. The molecule has 4 heterocycles. The average Bonchev–Trinajstić information content (AvgIpc) is 3.27. The van der Waals surface area contributed by atoms with Gasteiger partial charge in [0.25, 0.3) is 0 Å². The number of nitrogens with one attached hydrogen (secondary N) is 1. The van der Waals surface area contributed by atoms with Gasteiger partial charge < -0.3 is 14.4 Å². The fourth-order valence-electron chi connectivity index (χ4n) is 4.34. The van der Waals surface area contributed by atoms with Crippen molar-refractivity contribution >= 4 is 46.0 Å². The number of piperidine rings is 1. The molecule has 5 rings (SSSR count). The molecule has 1 saturated heterocycles. The number of ether oxygens (including phenoxy) is 2. The number of nitrogens with zero attached hydrogens (tertiary/aromatic N) is 4. The Morgan fingerprint density at radius 2 is 1.89 bits per heavy atom. The number of fused-ring (bicyclic) bond motifs is 1. The van der Waals surface area contributed by atoms with Crippen molar-refractivity contribution in [1.29, 1.82) is 0 Å². The molecule has 10 heteroatoms. The van der Waals surface area contributed by atoms with Crippen molar-refractivity contribution in [2.75, 3.05) is 20.1 Å². The SMILES string of the molecule is C[C@@H](Oc1ccc2[nH]nc(/C=C(\F)c3ccc(OC4CCN(C)CC4)nc3)c2c1)c1c(Cl)cncc1Cl. The molecule has 4 aromatic rings. The Kier molecular flexibility index (Phi) is 7.60. The first-order chi connectivity index (χ1) is 17.9. The monoisotopic (exact) mass is 541 g/mol. The quantitative estimate of drug-likeness (QED) is 0.279. The molecular weight excluding hydrogens is 516 g/mol. The van der Waals surface area contributed by atoms with Crippen LogP contribution in [0.3, 0.4) is 0 Å². The minimum atomic E-state index is -0.457. The summed E-state index contributed by atoms with van der Waals surface area (Å²) in [5.41, 5.74) is 2.18. The molecule has 0 amide bonds. The van der Waals surface area contributed by atoms with E-state index in [1.807, 2.05) is 13.0 Å². The second kappa shape index (κ2) is 11.0. The number of pyridine rings is 2. The highest BCUT2D eigenvalue weighted by Gasteiger charge is 2.19. The molecule has 192 valence electrons. The number of likely N-dealkylation sites (tertiary alicyclic amines) is 1. The van der Waals surface area contributed by atoms with Crippen LogP contribution in [0.5, 0.6) is 11.6 Å². The van der Waals surface area contributed by atoms with Crippen molar-refractivity contribution in [2.45, 2.75) is 32.0 Å². The van der Waals surface area contributed by atoms with Gasteiger partial charge in [0.2, 0.25) is 5.88 Å². The highest BCUT2D eigenvalue weighted by atomic mass is 35.5. The van der Waals surface area contributed by atoms with Crippen molar-refractivity contribution in [1.82, 2.24) is 25.1 Å². The summed E-state index contributed by atoms with van der Waals surface area (Å²) in [5.74, 6) is 0.612. The predicted octanol–water partition coefficient (Wildman–Crippen LogP) is 6.74. The van der Waals surface area contributed by atoms with Gasteiger partial charge in [0, 0.05) is 60.3 Å². The van der Waals surface area contributed by atoms with Crippen LogP contribution < -0.4 is 9.47 Å². The number of aromatic nitrogens is 4. The lowest BCUT2D eigenvalue weighted by Gasteiger charge is -2.28. The van der Waals surface area contributed by atoms with Crippen LogP contribution in [0.1, 0.15) is 42.7 Å². The van der Waals surface area contributed by atoms with Crippen molar-refractivity contribution < 1.29 is 13.9 Å². The van der Waals surface area contributed by atoms with Crippen LogP contribution in [0.4, 0.5) is 4.39 Å². The second-order valence-electron chi connectivity index (χ2n) is 9.09. The van der Waals surface area contributed by atoms with Gasteiger partial charge in [-0.3, -0.25) is 10.1 Å². The molecule has 0 spiro atoms. The molecule has 7 nitrogen and oxygen atoms in total. The van der Waals surface area contributed by atoms with Crippen molar-refractivity contribution in [3.63, 3.8) is 0 Å². The van der Waals surface area contributed by atoms with Crippen LogP contribution in [0.2, 0.25) is 10.0 Å². The van der Waals surface area contributed by atoms with E-state index in [0.717, 1.165) is 31.4 Å². The Bertz CT molecular complexity index is 1400. The second-order valence-corrected chi connectivity index (χ2v) is 9.91. The molecule has 0 radical (unpaired) electrons. The maximum Gasteiger partial charge on any atom is 0.213 e. The smallest absolute Gasteiger partial charge is 0.213 e. The van der Waals surface area contributed by atoms with Crippen LogP contribution >= 0.6 is 23.2 Å². The Morgan fingerprint density at radius 3 is 2.59 bits per heavy atom. The average molecular weight is 542 g/mol. The Morgan fingerprint density at radius 1 is 1.14 bits per heavy atom. The molecule has 1 aliphatic rings.